The molecule has 1 saturated carbocycles. The average molecular weight is 549 g/mol. The summed E-state index contributed by atoms with van der Waals surface area (Å²) in [5, 5.41) is 4.12. The minimum absolute atomic E-state index is 0.0144. The second-order valence-corrected chi connectivity index (χ2v) is 13.0. The molecule has 2 aliphatic rings. The highest BCUT2D eigenvalue weighted by atomic mass is 35.5. The molecule has 2 aromatic rings. The number of hydrogen-bond donors (Lipinski definition) is 1. The molecular formula is C21H23Cl2FN4O4S2. The Morgan fingerprint density at radius 2 is 1.65 bits per heavy atom. The number of amidine groups is 1. The number of hydrogen-bond acceptors (Lipinski definition) is 5. The number of aryl methyl sites for hydroxylation is 1. The van der Waals surface area contributed by atoms with E-state index in [1.807, 2.05) is 11.8 Å². The van der Waals surface area contributed by atoms with Gasteiger partial charge in [0.25, 0.3) is 10.0 Å². The Kier molecular flexibility index (Phi) is 6.62. The van der Waals surface area contributed by atoms with E-state index in [2.05, 4.69) is 9.93 Å². The Hall–Kier alpha value is -1.92. The zero-order chi connectivity index (χ0) is 24.9. The number of halogens is 3. The first-order valence-corrected chi connectivity index (χ1v) is 14.4. The summed E-state index contributed by atoms with van der Waals surface area (Å²) >= 11 is 12.7. The predicted molar refractivity (Wildman–Crippen MR) is 130 cm³/mol. The van der Waals surface area contributed by atoms with Gasteiger partial charge in [-0.15, -0.1) is 5.10 Å². The van der Waals surface area contributed by atoms with E-state index in [0.717, 1.165) is 24.0 Å². The summed E-state index contributed by atoms with van der Waals surface area (Å²) < 4.78 is 65.3. The third-order valence-corrected chi connectivity index (χ3v) is 9.07. The highest BCUT2D eigenvalue weighted by molar-refractivity contribution is 7.89. The van der Waals surface area contributed by atoms with Gasteiger partial charge in [-0.2, -0.15) is 17.6 Å². The highest BCUT2D eigenvalue weighted by Crippen LogP contribution is 2.46. The first-order valence-electron chi connectivity index (χ1n) is 10.4. The molecule has 0 atom stereocenters. The Morgan fingerprint density at radius 1 is 1.06 bits per heavy atom. The summed E-state index contributed by atoms with van der Waals surface area (Å²) in [6, 6.07) is 8.38. The van der Waals surface area contributed by atoms with E-state index in [1.165, 1.54) is 16.4 Å². The maximum Gasteiger partial charge on any atom is 0.276 e. The average Bonchev–Trinajstić information content (AvgIpc) is 3.49. The van der Waals surface area contributed by atoms with Crippen LogP contribution in [0.25, 0.3) is 0 Å². The Bertz CT molecular complexity index is 1340. The molecule has 1 spiro atoms. The normalized spacial score (nSPS) is 18.9. The summed E-state index contributed by atoms with van der Waals surface area (Å²) in [5.74, 6) is -0.544. The molecule has 0 amide bonds. The van der Waals surface area contributed by atoms with E-state index in [0.29, 0.717) is 12.8 Å². The maximum atomic E-state index is 13.9. The van der Waals surface area contributed by atoms with Gasteiger partial charge in [0.2, 0.25) is 10.0 Å². The SMILES string of the molecule is Cc1ccc(S(=O)(=O)N/N=C(\c2c(Cl)cc(F)cc2Cl)N2CCN(S(C)(=O)=O)CC23CC3)cc1. The number of nitrogens with one attached hydrogen (secondary N) is 1. The van der Waals surface area contributed by atoms with E-state index in [1.54, 1.807) is 12.1 Å². The van der Waals surface area contributed by atoms with Crippen molar-refractivity contribution in [2.24, 2.45) is 5.10 Å². The van der Waals surface area contributed by atoms with Crippen LogP contribution in [0.5, 0.6) is 0 Å². The van der Waals surface area contributed by atoms with Gasteiger partial charge in [-0.3, -0.25) is 0 Å². The van der Waals surface area contributed by atoms with Crippen molar-refractivity contribution in [3.05, 3.63) is 63.4 Å². The molecule has 0 aromatic heterocycles. The Balaban J connectivity index is 1.77. The minimum Gasteiger partial charge on any atom is -0.346 e. The summed E-state index contributed by atoms with van der Waals surface area (Å²) in [4.78, 5) is 4.07. The molecule has 2 aromatic carbocycles. The molecule has 4 rings (SSSR count). The lowest BCUT2D eigenvalue weighted by Gasteiger charge is -2.43. The molecule has 1 heterocycles. The van der Waals surface area contributed by atoms with Gasteiger partial charge in [0.05, 0.1) is 32.3 Å². The van der Waals surface area contributed by atoms with E-state index in [9.17, 15) is 21.2 Å². The molecule has 34 heavy (non-hydrogen) atoms. The van der Waals surface area contributed by atoms with E-state index in [-0.39, 0.29) is 46.0 Å². The monoisotopic (exact) mass is 548 g/mol. The third kappa shape index (κ3) is 5.03. The molecule has 2 fully saturated rings. The van der Waals surface area contributed by atoms with Crippen molar-refractivity contribution < 1.29 is 21.2 Å². The standard InChI is InChI=1S/C21H23Cl2FN4O4S2/c1-14-3-5-16(6-4-14)34(31,32)26-25-20(19-17(22)11-15(24)12-18(19)23)28-10-9-27(33(2,29)30)13-21(28)7-8-21/h3-6,11-12,26H,7-10,13H2,1-2H3/b25-20+. The van der Waals surface area contributed by atoms with E-state index in [4.69, 9.17) is 23.2 Å². The van der Waals surface area contributed by atoms with Gasteiger partial charge in [0, 0.05) is 19.6 Å². The van der Waals surface area contributed by atoms with Crippen molar-refractivity contribution in [2.45, 2.75) is 30.2 Å². The van der Waals surface area contributed by atoms with Gasteiger partial charge in [0.15, 0.2) is 5.84 Å². The Morgan fingerprint density at radius 3 is 2.18 bits per heavy atom. The molecule has 0 bridgehead atoms. The van der Waals surface area contributed by atoms with Gasteiger partial charge in [-0.1, -0.05) is 40.9 Å². The molecule has 13 heteroatoms. The number of rotatable bonds is 5. The van der Waals surface area contributed by atoms with Crippen molar-refractivity contribution in [1.29, 1.82) is 0 Å². The lowest BCUT2D eigenvalue weighted by Crippen LogP contribution is -2.58. The van der Waals surface area contributed by atoms with Crippen molar-refractivity contribution in [1.82, 2.24) is 14.0 Å². The van der Waals surface area contributed by atoms with Crippen molar-refractivity contribution in [3.8, 4) is 0 Å². The van der Waals surface area contributed by atoms with Crippen molar-refractivity contribution >= 4 is 49.1 Å². The topological polar surface area (TPSA) is 99.2 Å². The van der Waals surface area contributed by atoms with Crippen LogP contribution in [0.3, 0.4) is 0 Å². The highest BCUT2D eigenvalue weighted by Gasteiger charge is 2.54. The summed E-state index contributed by atoms with van der Waals surface area (Å²) in [7, 11) is -7.45. The largest absolute Gasteiger partial charge is 0.346 e. The smallest absolute Gasteiger partial charge is 0.276 e. The molecule has 1 saturated heterocycles. The first-order chi connectivity index (χ1) is 15.8. The van der Waals surface area contributed by atoms with Gasteiger partial charge in [-0.05, 0) is 44.0 Å². The summed E-state index contributed by atoms with van der Waals surface area (Å²) in [6.07, 6.45) is 2.48. The van der Waals surface area contributed by atoms with Crippen LogP contribution in [0.4, 0.5) is 4.39 Å². The van der Waals surface area contributed by atoms with Gasteiger partial charge >= 0.3 is 0 Å². The second-order valence-electron chi connectivity index (χ2n) is 8.56. The van der Waals surface area contributed by atoms with Gasteiger partial charge in [0.1, 0.15) is 5.82 Å². The van der Waals surface area contributed by atoms with Crippen molar-refractivity contribution in [3.63, 3.8) is 0 Å². The van der Waals surface area contributed by atoms with Crippen LogP contribution < -0.4 is 4.83 Å². The van der Waals surface area contributed by atoms with Crippen LogP contribution in [0.2, 0.25) is 10.0 Å². The molecule has 0 radical (unpaired) electrons. The fourth-order valence-corrected chi connectivity index (χ4v) is 6.33. The first kappa shape index (κ1) is 25.2. The second kappa shape index (κ2) is 8.94. The quantitative estimate of drug-likeness (QED) is 0.351. The zero-order valence-electron chi connectivity index (χ0n) is 18.4. The van der Waals surface area contributed by atoms with Crippen LogP contribution >= 0.6 is 23.2 Å². The van der Waals surface area contributed by atoms with Gasteiger partial charge < -0.3 is 4.90 Å². The van der Waals surface area contributed by atoms with Crippen LogP contribution in [0, 0.1) is 12.7 Å². The van der Waals surface area contributed by atoms with Crippen molar-refractivity contribution in [2.75, 3.05) is 25.9 Å². The lowest BCUT2D eigenvalue weighted by atomic mass is 10.1. The fraction of sp³-hybridized carbons (Fsp3) is 0.381. The number of benzene rings is 2. The van der Waals surface area contributed by atoms with Gasteiger partial charge in [-0.25, -0.2) is 12.8 Å². The molecule has 1 N–H and O–H groups in total. The number of nitrogens with zero attached hydrogens (tertiary/aromatic N) is 3. The van der Waals surface area contributed by atoms with Crippen LogP contribution in [0.15, 0.2) is 46.4 Å². The van der Waals surface area contributed by atoms with E-state index < -0.39 is 31.4 Å². The van der Waals surface area contributed by atoms with Crippen LogP contribution in [-0.2, 0) is 20.0 Å². The molecule has 8 nitrogen and oxygen atoms in total. The van der Waals surface area contributed by atoms with Crippen LogP contribution in [0.1, 0.15) is 24.0 Å². The molecular weight excluding hydrogens is 526 g/mol. The minimum atomic E-state index is -4.03. The summed E-state index contributed by atoms with van der Waals surface area (Å²) in [5.41, 5.74) is 0.471. The van der Waals surface area contributed by atoms with Crippen LogP contribution in [-0.4, -0.2) is 63.3 Å². The molecule has 1 aliphatic carbocycles. The number of sulfonamides is 2. The fourth-order valence-electron chi connectivity index (χ4n) is 4.01. The predicted octanol–water partition coefficient (Wildman–Crippen LogP) is 3.19. The lowest BCUT2D eigenvalue weighted by molar-refractivity contribution is 0.173. The molecule has 1 aliphatic heterocycles. The number of piperazine rings is 1. The maximum absolute atomic E-state index is 13.9. The zero-order valence-corrected chi connectivity index (χ0v) is 21.6. The Labute approximate surface area is 208 Å². The third-order valence-electron chi connectivity index (χ3n) is 6.00. The summed E-state index contributed by atoms with van der Waals surface area (Å²) in [6.45, 7) is 2.44. The molecule has 184 valence electrons. The number of hydrazone groups is 1. The van der Waals surface area contributed by atoms with E-state index >= 15 is 0 Å². The molecule has 0 unspecified atom stereocenters.